The molecule has 1 fully saturated rings. The summed E-state index contributed by atoms with van der Waals surface area (Å²) in [7, 11) is 0. The van der Waals surface area contributed by atoms with Crippen LogP contribution in [0.5, 0.6) is 0 Å². The van der Waals surface area contributed by atoms with Crippen LogP contribution in [0.25, 0.3) is 0 Å². The van der Waals surface area contributed by atoms with E-state index in [2.05, 4.69) is 4.98 Å². The van der Waals surface area contributed by atoms with Gasteiger partial charge in [0.15, 0.2) is 0 Å². The van der Waals surface area contributed by atoms with Crippen LogP contribution in [0.4, 0.5) is 8.78 Å². The first kappa shape index (κ1) is 11.4. The quantitative estimate of drug-likeness (QED) is 0.847. The summed E-state index contributed by atoms with van der Waals surface area (Å²) in [5.41, 5.74) is 7.44. The van der Waals surface area contributed by atoms with Crippen molar-refractivity contribution >= 4 is 0 Å². The minimum atomic E-state index is -2.55. The van der Waals surface area contributed by atoms with Gasteiger partial charge >= 0.3 is 0 Å². The number of halogens is 2. The van der Waals surface area contributed by atoms with E-state index in [1.807, 2.05) is 19.1 Å². The summed E-state index contributed by atoms with van der Waals surface area (Å²) in [5, 5.41) is 0. The van der Waals surface area contributed by atoms with Crippen LogP contribution < -0.4 is 5.73 Å². The summed E-state index contributed by atoms with van der Waals surface area (Å²) in [5.74, 6) is -2.55. The summed E-state index contributed by atoms with van der Waals surface area (Å²) < 4.78 is 25.5. The van der Waals surface area contributed by atoms with Gasteiger partial charge in [-0.1, -0.05) is 6.07 Å². The number of alkyl halides is 2. The second-order valence-electron chi connectivity index (χ2n) is 4.25. The molecule has 0 spiro atoms. The lowest BCUT2D eigenvalue weighted by molar-refractivity contribution is -0.145. The van der Waals surface area contributed by atoms with Crippen LogP contribution in [-0.2, 0) is 0 Å². The molecule has 0 aliphatic carbocycles. The fourth-order valence-corrected chi connectivity index (χ4v) is 1.94. The molecule has 1 atom stereocenters. The highest BCUT2D eigenvalue weighted by molar-refractivity contribution is 5.19. The van der Waals surface area contributed by atoms with Crippen molar-refractivity contribution in [1.29, 1.82) is 0 Å². The molecule has 0 amide bonds. The van der Waals surface area contributed by atoms with Gasteiger partial charge in [0.1, 0.15) is 0 Å². The Morgan fingerprint density at radius 3 is 2.62 bits per heavy atom. The highest BCUT2D eigenvalue weighted by atomic mass is 19.3. The molecule has 0 aromatic carbocycles. The number of aryl methyl sites for hydroxylation is 1. The van der Waals surface area contributed by atoms with Crippen molar-refractivity contribution in [2.24, 2.45) is 5.73 Å². The predicted molar refractivity (Wildman–Crippen MR) is 57.3 cm³/mol. The smallest absolute Gasteiger partial charge is 0.272 e. The Morgan fingerprint density at radius 1 is 1.50 bits per heavy atom. The van der Waals surface area contributed by atoms with Crippen LogP contribution in [0.2, 0.25) is 0 Å². The molecule has 1 aromatic rings. The standard InChI is InChI=1S/C11H15F2N3/c1-8-2-3-9(5-15-8)10(4-14)16-6-11(12,13)7-16/h2-3,5,10H,4,6-7,14H2,1H3. The minimum Gasteiger partial charge on any atom is -0.329 e. The molecule has 2 rings (SSSR count). The number of aromatic nitrogens is 1. The van der Waals surface area contributed by atoms with Crippen molar-refractivity contribution in [3.63, 3.8) is 0 Å². The van der Waals surface area contributed by atoms with Gasteiger partial charge < -0.3 is 5.73 Å². The molecular weight excluding hydrogens is 212 g/mol. The van der Waals surface area contributed by atoms with Crippen LogP contribution in [0.15, 0.2) is 18.3 Å². The van der Waals surface area contributed by atoms with E-state index in [4.69, 9.17) is 5.73 Å². The van der Waals surface area contributed by atoms with Crippen molar-refractivity contribution in [2.75, 3.05) is 19.6 Å². The molecule has 88 valence electrons. The van der Waals surface area contributed by atoms with Gasteiger partial charge in [0.2, 0.25) is 0 Å². The van der Waals surface area contributed by atoms with Crippen molar-refractivity contribution in [3.8, 4) is 0 Å². The number of hydrogen-bond acceptors (Lipinski definition) is 3. The molecule has 1 aliphatic rings. The average molecular weight is 227 g/mol. The molecule has 1 aromatic heterocycles. The van der Waals surface area contributed by atoms with Gasteiger partial charge in [0.25, 0.3) is 5.92 Å². The Hall–Kier alpha value is -1.07. The van der Waals surface area contributed by atoms with Crippen LogP contribution in [0.3, 0.4) is 0 Å². The Balaban J connectivity index is 2.09. The number of hydrogen-bond donors (Lipinski definition) is 1. The average Bonchev–Trinajstić information content (AvgIpc) is 2.19. The Kier molecular flexibility index (Phi) is 2.90. The fourth-order valence-electron chi connectivity index (χ4n) is 1.94. The fraction of sp³-hybridized carbons (Fsp3) is 0.545. The molecule has 1 aliphatic heterocycles. The Morgan fingerprint density at radius 2 is 2.19 bits per heavy atom. The maximum absolute atomic E-state index is 12.8. The number of nitrogens with two attached hydrogens (primary N) is 1. The van der Waals surface area contributed by atoms with Gasteiger partial charge in [-0.25, -0.2) is 8.78 Å². The summed E-state index contributed by atoms with van der Waals surface area (Å²) in [4.78, 5) is 5.84. The van der Waals surface area contributed by atoms with Crippen LogP contribution in [0.1, 0.15) is 17.3 Å². The molecule has 2 N–H and O–H groups in total. The molecule has 3 nitrogen and oxygen atoms in total. The largest absolute Gasteiger partial charge is 0.329 e. The topological polar surface area (TPSA) is 42.1 Å². The lowest BCUT2D eigenvalue weighted by Crippen LogP contribution is -2.58. The van der Waals surface area contributed by atoms with Gasteiger partial charge in [-0.05, 0) is 18.6 Å². The van der Waals surface area contributed by atoms with E-state index in [1.165, 1.54) is 0 Å². The molecule has 1 unspecified atom stereocenters. The third kappa shape index (κ3) is 2.20. The highest BCUT2D eigenvalue weighted by Crippen LogP contribution is 2.33. The normalized spacial score (nSPS) is 21.5. The second-order valence-corrected chi connectivity index (χ2v) is 4.25. The second kappa shape index (κ2) is 4.07. The van der Waals surface area contributed by atoms with Crippen LogP contribution >= 0.6 is 0 Å². The van der Waals surface area contributed by atoms with Crippen LogP contribution in [0, 0.1) is 6.92 Å². The highest BCUT2D eigenvalue weighted by Gasteiger charge is 2.46. The first-order chi connectivity index (χ1) is 7.52. The van der Waals surface area contributed by atoms with Gasteiger partial charge in [0.05, 0.1) is 13.1 Å². The van der Waals surface area contributed by atoms with E-state index < -0.39 is 5.92 Å². The number of rotatable bonds is 3. The number of pyridine rings is 1. The van der Waals surface area contributed by atoms with E-state index in [0.29, 0.717) is 6.54 Å². The zero-order valence-electron chi connectivity index (χ0n) is 9.16. The van der Waals surface area contributed by atoms with Gasteiger partial charge in [-0.3, -0.25) is 9.88 Å². The van der Waals surface area contributed by atoms with E-state index in [9.17, 15) is 8.78 Å². The lowest BCUT2D eigenvalue weighted by atomic mass is 10.0. The zero-order chi connectivity index (χ0) is 11.8. The summed E-state index contributed by atoms with van der Waals surface area (Å²) >= 11 is 0. The molecule has 1 saturated heterocycles. The minimum absolute atomic E-state index is 0.146. The Labute approximate surface area is 93.3 Å². The number of nitrogens with zero attached hydrogens (tertiary/aromatic N) is 2. The van der Waals surface area contributed by atoms with Gasteiger partial charge in [0, 0.05) is 24.5 Å². The van der Waals surface area contributed by atoms with E-state index in [0.717, 1.165) is 11.3 Å². The van der Waals surface area contributed by atoms with Crippen LogP contribution in [-0.4, -0.2) is 35.4 Å². The SMILES string of the molecule is Cc1ccc(C(CN)N2CC(F)(F)C2)cn1. The first-order valence-corrected chi connectivity index (χ1v) is 5.26. The summed E-state index contributed by atoms with van der Waals surface area (Å²) in [6.45, 7) is 1.81. The summed E-state index contributed by atoms with van der Waals surface area (Å²) in [6, 6.07) is 3.62. The van der Waals surface area contributed by atoms with E-state index in [-0.39, 0.29) is 19.1 Å². The lowest BCUT2D eigenvalue weighted by Gasteiger charge is -2.43. The third-order valence-corrected chi connectivity index (χ3v) is 2.85. The predicted octanol–water partition coefficient (Wildman–Crippen LogP) is 1.34. The first-order valence-electron chi connectivity index (χ1n) is 5.26. The van der Waals surface area contributed by atoms with Crippen molar-refractivity contribution in [3.05, 3.63) is 29.6 Å². The molecule has 5 heteroatoms. The van der Waals surface area contributed by atoms with E-state index >= 15 is 0 Å². The molecule has 16 heavy (non-hydrogen) atoms. The Bertz CT molecular complexity index is 356. The summed E-state index contributed by atoms with van der Waals surface area (Å²) in [6.07, 6.45) is 1.71. The molecule has 2 heterocycles. The maximum Gasteiger partial charge on any atom is 0.272 e. The molecule has 0 radical (unpaired) electrons. The maximum atomic E-state index is 12.8. The van der Waals surface area contributed by atoms with Crippen molar-refractivity contribution in [1.82, 2.24) is 9.88 Å². The van der Waals surface area contributed by atoms with Gasteiger partial charge in [-0.15, -0.1) is 0 Å². The van der Waals surface area contributed by atoms with Crippen molar-refractivity contribution in [2.45, 2.75) is 18.9 Å². The third-order valence-electron chi connectivity index (χ3n) is 2.85. The zero-order valence-corrected chi connectivity index (χ0v) is 9.16. The van der Waals surface area contributed by atoms with Gasteiger partial charge in [-0.2, -0.15) is 0 Å². The molecule has 0 saturated carbocycles. The number of likely N-dealkylation sites (tertiary alicyclic amines) is 1. The molecule has 0 bridgehead atoms. The monoisotopic (exact) mass is 227 g/mol. The van der Waals surface area contributed by atoms with Crippen molar-refractivity contribution < 1.29 is 8.78 Å². The van der Waals surface area contributed by atoms with E-state index in [1.54, 1.807) is 11.1 Å². The molecular formula is C11H15F2N3.